The Kier molecular flexibility index (Phi) is 9.50. The maximum atomic E-state index is 13.5. The van der Waals surface area contributed by atoms with Gasteiger partial charge in [-0.25, -0.2) is 13.8 Å². The van der Waals surface area contributed by atoms with E-state index < -0.39 is 21.8 Å². The fourth-order valence-electron chi connectivity index (χ4n) is 3.18. The third kappa shape index (κ3) is 7.90. The monoisotopic (exact) mass is 564 g/mol. The molecule has 2 N–H and O–H groups in total. The van der Waals surface area contributed by atoms with Gasteiger partial charge in [0.1, 0.15) is 11.5 Å². The first-order valence-corrected chi connectivity index (χ1v) is 13.4. The Morgan fingerprint density at radius 1 is 1.03 bits per heavy atom. The van der Waals surface area contributed by atoms with Crippen LogP contribution in [0.2, 0.25) is 10.0 Å². The number of halogens is 2. The lowest BCUT2D eigenvalue weighted by Crippen LogP contribution is -2.41. The summed E-state index contributed by atoms with van der Waals surface area (Å²) in [5.74, 6) is -1.17. The van der Waals surface area contributed by atoms with Crippen LogP contribution in [0.1, 0.15) is 36.5 Å². The zero-order valence-electron chi connectivity index (χ0n) is 20.4. The Morgan fingerprint density at radius 2 is 1.73 bits per heavy atom. The number of rotatable bonds is 9. The molecule has 196 valence electrons. The van der Waals surface area contributed by atoms with Gasteiger partial charge in [-0.15, -0.1) is 0 Å². The summed E-state index contributed by atoms with van der Waals surface area (Å²) >= 11 is 12.3. The molecule has 37 heavy (non-hydrogen) atoms. The first-order valence-electron chi connectivity index (χ1n) is 11.2. The molecule has 1 aromatic heterocycles. The smallest absolute Gasteiger partial charge is 0.329 e. The van der Waals surface area contributed by atoms with Crippen LogP contribution in [0.5, 0.6) is 0 Å². The summed E-state index contributed by atoms with van der Waals surface area (Å²) in [5.41, 5.74) is 3.60. The predicted molar refractivity (Wildman–Crippen MR) is 142 cm³/mol. The van der Waals surface area contributed by atoms with Gasteiger partial charge in [0.05, 0.1) is 17.7 Å². The lowest BCUT2D eigenvalue weighted by molar-refractivity contribution is -0.139. The van der Waals surface area contributed by atoms with Gasteiger partial charge in [0.25, 0.3) is 0 Å². The summed E-state index contributed by atoms with van der Waals surface area (Å²) in [7, 11) is -3.93. The Labute approximate surface area is 225 Å². The molecule has 0 aliphatic heterocycles. The summed E-state index contributed by atoms with van der Waals surface area (Å²) in [4.78, 5) is 23.5. The molecule has 0 aliphatic carbocycles. The molecule has 3 aromatic rings. The van der Waals surface area contributed by atoms with Gasteiger partial charge in [-0.3, -0.25) is 9.59 Å². The van der Waals surface area contributed by atoms with Gasteiger partial charge in [0.2, 0.25) is 10.0 Å². The fourth-order valence-corrected chi connectivity index (χ4v) is 5.03. The van der Waals surface area contributed by atoms with Crippen LogP contribution in [0.4, 0.5) is 0 Å². The van der Waals surface area contributed by atoms with E-state index in [1.807, 2.05) is 6.92 Å². The third-order valence-corrected chi connectivity index (χ3v) is 7.41. The minimum atomic E-state index is -3.93. The van der Waals surface area contributed by atoms with Crippen LogP contribution < -0.4 is 10.7 Å². The van der Waals surface area contributed by atoms with Crippen molar-refractivity contribution in [3.8, 4) is 0 Å². The van der Waals surface area contributed by atoms with Crippen LogP contribution in [0, 0.1) is 6.92 Å². The number of carbonyl (C=O) groups is 2. The molecule has 0 fully saturated rings. The molecule has 3 rings (SSSR count). The maximum absolute atomic E-state index is 13.5. The van der Waals surface area contributed by atoms with Gasteiger partial charge in [-0.2, -0.15) is 9.41 Å². The topological polar surface area (TPSA) is 121 Å². The zero-order chi connectivity index (χ0) is 27.2. The average molecular weight is 565 g/mol. The minimum absolute atomic E-state index is 0.0304. The van der Waals surface area contributed by atoms with Crippen LogP contribution in [0.25, 0.3) is 0 Å². The largest absolute Gasteiger partial charge is 0.459 e. The summed E-state index contributed by atoms with van der Waals surface area (Å²) < 4.78 is 34.0. The quantitative estimate of drug-likeness (QED) is 0.228. The first kappa shape index (κ1) is 28.4. The maximum Gasteiger partial charge on any atom is 0.329 e. The predicted octanol–water partition coefficient (Wildman–Crippen LogP) is 4.26. The Balaban J connectivity index is 1.80. The normalized spacial score (nSPS) is 11.9. The van der Waals surface area contributed by atoms with Gasteiger partial charge < -0.3 is 9.73 Å². The average Bonchev–Trinajstić information content (AvgIpc) is 3.27. The highest BCUT2D eigenvalue weighted by Crippen LogP contribution is 2.27. The van der Waals surface area contributed by atoms with Gasteiger partial charge in [0.15, 0.2) is 0 Å². The van der Waals surface area contributed by atoms with E-state index >= 15 is 0 Å². The third-order valence-electron chi connectivity index (χ3n) is 5.02. The summed E-state index contributed by atoms with van der Waals surface area (Å²) in [6, 6.07) is 14.3. The highest BCUT2D eigenvalue weighted by atomic mass is 35.5. The zero-order valence-corrected chi connectivity index (χ0v) is 22.7. The van der Waals surface area contributed by atoms with Crippen LogP contribution in [-0.2, 0) is 32.7 Å². The van der Waals surface area contributed by atoms with Crippen LogP contribution in [0.3, 0.4) is 0 Å². The molecular weight excluding hydrogens is 539 g/mol. The Hall–Kier alpha value is -3.18. The summed E-state index contributed by atoms with van der Waals surface area (Å²) in [5, 5.41) is 6.93. The number of hydrazone groups is 1. The Bertz CT molecular complexity index is 1400. The van der Waals surface area contributed by atoms with Gasteiger partial charge in [0, 0.05) is 22.6 Å². The molecule has 0 spiro atoms. The Morgan fingerprint density at radius 3 is 2.38 bits per heavy atom. The van der Waals surface area contributed by atoms with Crippen molar-refractivity contribution in [1.82, 2.24) is 15.0 Å². The van der Waals surface area contributed by atoms with Crippen molar-refractivity contribution in [3.63, 3.8) is 0 Å². The number of hydrogen-bond acceptors (Lipinski definition) is 6. The number of nitrogens with zero attached hydrogens (tertiary/aromatic N) is 2. The minimum Gasteiger partial charge on any atom is -0.459 e. The van der Waals surface area contributed by atoms with Crippen molar-refractivity contribution in [1.29, 1.82) is 0 Å². The first-order chi connectivity index (χ1) is 17.5. The number of nitrogens with one attached hydrogen (secondary N) is 2. The number of amides is 2. The molecule has 9 nitrogen and oxygen atoms in total. The van der Waals surface area contributed by atoms with Crippen molar-refractivity contribution < 1.29 is 22.4 Å². The highest BCUT2D eigenvalue weighted by molar-refractivity contribution is 7.89. The number of sulfonamides is 1. The second-order valence-electron chi connectivity index (χ2n) is 8.45. The molecule has 1 heterocycles. The molecule has 2 aromatic carbocycles. The molecule has 0 radical (unpaired) electrons. The SMILES string of the molecule is Cc1ccc(S(=O)(=O)N(Cc2ccc(/C=N/NC(=O)C(=O)NC(C)C)o2)Cc2ccc(Cl)cc2Cl)cc1. The second-order valence-corrected chi connectivity index (χ2v) is 11.2. The molecule has 0 atom stereocenters. The highest BCUT2D eigenvalue weighted by Gasteiger charge is 2.27. The van der Waals surface area contributed by atoms with Crippen LogP contribution in [-0.4, -0.2) is 36.8 Å². The van der Waals surface area contributed by atoms with E-state index in [0.717, 1.165) is 5.56 Å². The van der Waals surface area contributed by atoms with Gasteiger partial charge in [-0.05, 0) is 62.7 Å². The lowest BCUT2D eigenvalue weighted by Gasteiger charge is -2.22. The lowest BCUT2D eigenvalue weighted by atomic mass is 10.2. The van der Waals surface area contributed by atoms with Crippen molar-refractivity contribution in [2.45, 2.75) is 44.8 Å². The van der Waals surface area contributed by atoms with Gasteiger partial charge in [-0.1, -0.05) is 47.0 Å². The number of carbonyl (C=O) groups excluding carboxylic acids is 2. The number of aryl methyl sites for hydroxylation is 1. The molecular formula is C25H26Cl2N4O5S. The van der Waals surface area contributed by atoms with Crippen LogP contribution in [0.15, 0.2) is 69.0 Å². The van der Waals surface area contributed by atoms with E-state index in [2.05, 4.69) is 15.8 Å². The van der Waals surface area contributed by atoms with Crippen molar-refractivity contribution in [2.75, 3.05) is 0 Å². The second kappa shape index (κ2) is 12.4. The van der Waals surface area contributed by atoms with Crippen molar-refractivity contribution in [2.24, 2.45) is 5.10 Å². The molecule has 0 bridgehead atoms. The van der Waals surface area contributed by atoms with E-state index in [4.69, 9.17) is 27.6 Å². The molecule has 0 saturated heterocycles. The van der Waals surface area contributed by atoms with E-state index in [0.29, 0.717) is 21.4 Å². The van der Waals surface area contributed by atoms with Crippen LogP contribution >= 0.6 is 23.2 Å². The van der Waals surface area contributed by atoms with E-state index in [1.165, 1.54) is 10.5 Å². The number of furan rings is 1. The summed E-state index contributed by atoms with van der Waals surface area (Å²) in [6.07, 6.45) is 1.21. The molecule has 0 unspecified atom stereocenters. The molecule has 12 heteroatoms. The number of hydrogen-bond donors (Lipinski definition) is 2. The van der Waals surface area contributed by atoms with E-state index in [1.54, 1.807) is 68.4 Å². The molecule has 2 amide bonds. The number of benzene rings is 2. The standard InChI is InChI=1S/C25H26Cl2N4O5S/c1-16(2)29-24(32)25(33)30-28-13-20-8-9-21(36-20)15-31(14-18-6-7-19(26)12-23(18)27)37(34,35)22-10-4-17(3)5-11-22/h4-13,16H,14-15H2,1-3H3,(H,29,32)(H,30,33)/b28-13+. The fraction of sp³-hybridized carbons (Fsp3) is 0.240. The van der Waals surface area contributed by atoms with Gasteiger partial charge >= 0.3 is 11.8 Å². The van der Waals surface area contributed by atoms with E-state index in [9.17, 15) is 18.0 Å². The molecule has 0 saturated carbocycles. The van der Waals surface area contributed by atoms with Crippen molar-refractivity contribution >= 4 is 51.3 Å². The van der Waals surface area contributed by atoms with E-state index in [-0.39, 0.29) is 29.8 Å². The van der Waals surface area contributed by atoms with Crippen molar-refractivity contribution in [3.05, 3.63) is 87.3 Å². The molecule has 0 aliphatic rings. The summed E-state index contributed by atoms with van der Waals surface area (Å²) in [6.45, 7) is 5.18.